The van der Waals surface area contributed by atoms with Crippen LogP contribution in [0.3, 0.4) is 0 Å². The molecule has 1 aromatic rings. The van der Waals surface area contributed by atoms with Crippen LogP contribution in [-0.2, 0) is 4.74 Å². The summed E-state index contributed by atoms with van der Waals surface area (Å²) in [5.74, 6) is -4.73. The van der Waals surface area contributed by atoms with Gasteiger partial charge in [0.2, 0.25) is 0 Å². The van der Waals surface area contributed by atoms with Crippen LogP contribution in [0.15, 0.2) is 6.07 Å². The normalized spacial score (nSPS) is 10.1. The first-order valence-corrected chi connectivity index (χ1v) is 3.71. The molecule has 0 aliphatic carbocycles. The summed E-state index contributed by atoms with van der Waals surface area (Å²) in [4.78, 5) is 11.0. The average Bonchev–Trinajstić information content (AvgIpc) is 2.14. The summed E-state index contributed by atoms with van der Waals surface area (Å²) in [6.07, 6.45) is 0. The number of hydrogen-bond donors (Lipinski definition) is 0. The number of halogens is 3. The minimum atomic E-state index is -1.33. The fourth-order valence-corrected chi connectivity index (χ4v) is 1.07. The number of hydrogen-bond acceptors (Lipinski definition) is 2. The smallest absolute Gasteiger partial charge is 0.341 e. The fourth-order valence-electron chi connectivity index (χ4n) is 1.07. The molecule has 0 saturated heterocycles. The lowest BCUT2D eigenvalue weighted by molar-refractivity contribution is 0.0593. The standard InChI is InChI=1S/C9H7F3O2/c1-4-7(9(13)14-2)5(10)3-6(11)8(4)12/h3H,1-2H3. The molecular weight excluding hydrogens is 197 g/mol. The van der Waals surface area contributed by atoms with Crippen LogP contribution in [-0.4, -0.2) is 13.1 Å². The van der Waals surface area contributed by atoms with E-state index in [1.807, 2.05) is 0 Å². The van der Waals surface area contributed by atoms with Crippen LogP contribution in [0.5, 0.6) is 0 Å². The molecule has 0 spiro atoms. The van der Waals surface area contributed by atoms with Crippen molar-refractivity contribution in [1.82, 2.24) is 0 Å². The van der Waals surface area contributed by atoms with Gasteiger partial charge in [-0.3, -0.25) is 0 Å². The van der Waals surface area contributed by atoms with E-state index in [4.69, 9.17) is 0 Å². The molecule has 0 aromatic heterocycles. The van der Waals surface area contributed by atoms with E-state index >= 15 is 0 Å². The quantitative estimate of drug-likeness (QED) is 0.517. The van der Waals surface area contributed by atoms with Gasteiger partial charge in [0.1, 0.15) is 11.4 Å². The van der Waals surface area contributed by atoms with Crippen molar-refractivity contribution in [2.75, 3.05) is 7.11 Å². The van der Waals surface area contributed by atoms with Gasteiger partial charge in [0, 0.05) is 11.6 Å². The number of rotatable bonds is 1. The molecule has 0 aliphatic rings. The Hall–Kier alpha value is -1.52. The second kappa shape index (κ2) is 3.69. The summed E-state index contributed by atoms with van der Waals surface area (Å²) in [6.45, 7) is 1.10. The zero-order chi connectivity index (χ0) is 10.9. The molecule has 0 radical (unpaired) electrons. The average molecular weight is 204 g/mol. The topological polar surface area (TPSA) is 26.3 Å². The number of ether oxygens (including phenoxy) is 1. The van der Waals surface area contributed by atoms with E-state index in [0.717, 1.165) is 14.0 Å². The van der Waals surface area contributed by atoms with Crippen molar-refractivity contribution in [2.45, 2.75) is 6.92 Å². The van der Waals surface area contributed by atoms with E-state index < -0.39 is 34.5 Å². The van der Waals surface area contributed by atoms with Crippen molar-refractivity contribution < 1.29 is 22.7 Å². The molecular formula is C9H7F3O2. The molecule has 0 heterocycles. The van der Waals surface area contributed by atoms with Crippen LogP contribution < -0.4 is 0 Å². The number of carbonyl (C=O) groups is 1. The van der Waals surface area contributed by atoms with E-state index in [-0.39, 0.29) is 0 Å². The van der Waals surface area contributed by atoms with Crippen molar-refractivity contribution >= 4 is 5.97 Å². The van der Waals surface area contributed by atoms with Gasteiger partial charge >= 0.3 is 5.97 Å². The summed E-state index contributed by atoms with van der Waals surface area (Å²) in [7, 11) is 1.03. The van der Waals surface area contributed by atoms with Gasteiger partial charge in [0.15, 0.2) is 11.6 Å². The van der Waals surface area contributed by atoms with E-state index in [1.165, 1.54) is 0 Å². The summed E-state index contributed by atoms with van der Waals surface area (Å²) >= 11 is 0. The SMILES string of the molecule is COC(=O)c1c(F)cc(F)c(F)c1C. The van der Waals surface area contributed by atoms with E-state index in [9.17, 15) is 18.0 Å². The Bertz CT molecular complexity index is 388. The van der Waals surface area contributed by atoms with Crippen LogP contribution in [0.25, 0.3) is 0 Å². The molecule has 2 nitrogen and oxygen atoms in total. The van der Waals surface area contributed by atoms with Crippen molar-refractivity contribution in [3.63, 3.8) is 0 Å². The Morgan fingerprint density at radius 2 is 1.86 bits per heavy atom. The lowest BCUT2D eigenvalue weighted by Crippen LogP contribution is -2.10. The maximum Gasteiger partial charge on any atom is 0.341 e. The zero-order valence-corrected chi connectivity index (χ0v) is 7.53. The van der Waals surface area contributed by atoms with Gasteiger partial charge < -0.3 is 4.74 Å². The van der Waals surface area contributed by atoms with Crippen molar-refractivity contribution in [1.29, 1.82) is 0 Å². The van der Waals surface area contributed by atoms with Gasteiger partial charge in [-0.1, -0.05) is 0 Å². The molecule has 1 rings (SSSR count). The maximum absolute atomic E-state index is 13.0. The molecule has 14 heavy (non-hydrogen) atoms. The number of carbonyl (C=O) groups excluding carboxylic acids is 1. The molecule has 76 valence electrons. The third-order valence-electron chi connectivity index (χ3n) is 1.80. The fraction of sp³-hybridized carbons (Fsp3) is 0.222. The predicted molar refractivity (Wildman–Crippen MR) is 42.4 cm³/mol. The lowest BCUT2D eigenvalue weighted by Gasteiger charge is -2.06. The van der Waals surface area contributed by atoms with E-state index in [0.29, 0.717) is 6.07 Å². The van der Waals surface area contributed by atoms with Crippen molar-refractivity contribution in [3.8, 4) is 0 Å². The number of esters is 1. The number of methoxy groups -OCH3 is 1. The number of benzene rings is 1. The van der Waals surface area contributed by atoms with Gasteiger partial charge in [-0.05, 0) is 6.92 Å². The highest BCUT2D eigenvalue weighted by Gasteiger charge is 2.21. The molecule has 0 aliphatic heterocycles. The van der Waals surface area contributed by atoms with E-state index in [2.05, 4.69) is 4.74 Å². The molecule has 0 atom stereocenters. The first-order chi connectivity index (χ1) is 6.49. The lowest BCUT2D eigenvalue weighted by atomic mass is 10.1. The highest BCUT2D eigenvalue weighted by molar-refractivity contribution is 5.91. The summed E-state index contributed by atoms with van der Waals surface area (Å²) < 4.78 is 42.8. The molecule has 0 N–H and O–H groups in total. The largest absolute Gasteiger partial charge is 0.465 e. The third kappa shape index (κ3) is 1.57. The van der Waals surface area contributed by atoms with Crippen LogP contribution >= 0.6 is 0 Å². The van der Waals surface area contributed by atoms with Crippen LogP contribution in [0.4, 0.5) is 13.2 Å². The second-order valence-corrected chi connectivity index (χ2v) is 2.65. The minimum Gasteiger partial charge on any atom is -0.465 e. The van der Waals surface area contributed by atoms with Crippen molar-refractivity contribution in [3.05, 3.63) is 34.6 Å². The van der Waals surface area contributed by atoms with Gasteiger partial charge in [0.05, 0.1) is 7.11 Å². The molecule has 0 saturated carbocycles. The van der Waals surface area contributed by atoms with Crippen LogP contribution in [0.2, 0.25) is 0 Å². The third-order valence-corrected chi connectivity index (χ3v) is 1.80. The van der Waals surface area contributed by atoms with Gasteiger partial charge in [0.25, 0.3) is 0 Å². The zero-order valence-electron chi connectivity index (χ0n) is 7.53. The van der Waals surface area contributed by atoms with Crippen LogP contribution in [0.1, 0.15) is 15.9 Å². The molecule has 0 unspecified atom stereocenters. The molecule has 0 fully saturated rings. The first kappa shape index (κ1) is 10.6. The van der Waals surface area contributed by atoms with Crippen molar-refractivity contribution in [2.24, 2.45) is 0 Å². The predicted octanol–water partition coefficient (Wildman–Crippen LogP) is 2.20. The van der Waals surface area contributed by atoms with E-state index in [1.54, 1.807) is 0 Å². The molecule has 0 bridgehead atoms. The minimum absolute atomic E-state index is 0.314. The van der Waals surface area contributed by atoms with Gasteiger partial charge in [-0.2, -0.15) is 0 Å². The second-order valence-electron chi connectivity index (χ2n) is 2.65. The Kier molecular flexibility index (Phi) is 2.78. The molecule has 5 heteroatoms. The Morgan fingerprint density at radius 1 is 1.29 bits per heavy atom. The summed E-state index contributed by atoms with van der Waals surface area (Å²) in [5, 5.41) is 0. The Morgan fingerprint density at radius 3 is 2.36 bits per heavy atom. The van der Waals surface area contributed by atoms with Crippen LogP contribution in [0, 0.1) is 24.4 Å². The highest BCUT2D eigenvalue weighted by Crippen LogP contribution is 2.20. The summed E-state index contributed by atoms with van der Waals surface area (Å²) in [5.41, 5.74) is -0.972. The maximum atomic E-state index is 13.0. The Labute approximate surface area is 78.3 Å². The Balaban J connectivity index is 3.44. The highest BCUT2D eigenvalue weighted by atomic mass is 19.2. The van der Waals surface area contributed by atoms with Gasteiger partial charge in [-0.25, -0.2) is 18.0 Å². The monoisotopic (exact) mass is 204 g/mol. The first-order valence-electron chi connectivity index (χ1n) is 3.71. The molecule has 0 amide bonds. The molecule has 1 aromatic carbocycles. The van der Waals surface area contributed by atoms with Gasteiger partial charge in [-0.15, -0.1) is 0 Å². The summed E-state index contributed by atoms with van der Waals surface area (Å²) in [6, 6.07) is 0.314.